The number of aromatic amines is 2. The average molecular weight is 581 g/mol. The quantitative estimate of drug-likeness (QED) is 0.364. The fraction of sp³-hybridized carbons (Fsp3) is 0.314. The summed E-state index contributed by atoms with van der Waals surface area (Å²) in [6, 6.07) is 0. The van der Waals surface area contributed by atoms with E-state index in [4.69, 9.17) is 14.5 Å². The second-order valence-corrected chi connectivity index (χ2v) is 10.8. The number of hydrogen-bond donors (Lipinski definition) is 2. The Morgan fingerprint density at radius 2 is 1.49 bits per heavy atom. The van der Waals surface area contributed by atoms with Gasteiger partial charge in [0, 0.05) is 46.7 Å². The minimum absolute atomic E-state index is 0.233. The summed E-state index contributed by atoms with van der Waals surface area (Å²) in [5.41, 5.74) is 12.4. The largest absolute Gasteiger partial charge is 0.469 e. The Labute approximate surface area is 252 Å². The highest BCUT2D eigenvalue weighted by Crippen LogP contribution is 2.34. The van der Waals surface area contributed by atoms with Crippen molar-refractivity contribution in [1.82, 2.24) is 9.97 Å². The number of methoxy groups -OCH3 is 2. The molecule has 0 spiro atoms. The summed E-state index contributed by atoms with van der Waals surface area (Å²) in [5, 5.41) is 1.91. The van der Waals surface area contributed by atoms with E-state index >= 15 is 0 Å². The zero-order valence-corrected chi connectivity index (χ0v) is 26.2. The third-order valence-corrected chi connectivity index (χ3v) is 8.30. The van der Waals surface area contributed by atoms with E-state index in [0.717, 1.165) is 83.7 Å². The minimum atomic E-state index is -0.283. The van der Waals surface area contributed by atoms with Crippen LogP contribution in [-0.2, 0) is 19.1 Å². The van der Waals surface area contributed by atoms with Gasteiger partial charge in [-0.05, 0) is 105 Å². The molecule has 4 heterocycles. The van der Waals surface area contributed by atoms with Crippen LogP contribution in [0, 0.1) is 20.8 Å². The number of esters is 2. The molecule has 0 fully saturated rings. The molecule has 0 unspecified atom stereocenters. The van der Waals surface area contributed by atoms with Crippen molar-refractivity contribution in [2.75, 3.05) is 14.2 Å². The summed E-state index contributed by atoms with van der Waals surface area (Å²) in [7, 11) is 2.78. The normalized spacial score (nSPS) is 17.1. The van der Waals surface area contributed by atoms with Crippen LogP contribution in [-0.4, -0.2) is 48.1 Å². The van der Waals surface area contributed by atoms with Gasteiger partial charge in [0.15, 0.2) is 0 Å². The first-order valence-electron chi connectivity index (χ1n) is 14.3. The summed E-state index contributed by atoms with van der Waals surface area (Å²) in [6.07, 6.45) is 11.2. The van der Waals surface area contributed by atoms with Crippen molar-refractivity contribution in [3.05, 3.63) is 90.7 Å². The summed E-state index contributed by atoms with van der Waals surface area (Å²) >= 11 is 0. The van der Waals surface area contributed by atoms with Gasteiger partial charge in [-0.15, -0.1) is 0 Å². The van der Waals surface area contributed by atoms with Crippen molar-refractivity contribution < 1.29 is 19.1 Å². The number of carbonyl (C=O) groups is 2. The van der Waals surface area contributed by atoms with Crippen molar-refractivity contribution in [3.63, 3.8) is 0 Å². The molecule has 4 rings (SSSR count). The van der Waals surface area contributed by atoms with E-state index in [0.29, 0.717) is 12.8 Å². The van der Waals surface area contributed by atoms with Gasteiger partial charge in [0.05, 0.1) is 31.3 Å². The molecule has 0 aliphatic carbocycles. The number of aliphatic imine (C=N–C) groups is 2. The molecule has 2 aromatic heterocycles. The molecule has 2 N–H and O–H groups in total. The van der Waals surface area contributed by atoms with Crippen LogP contribution < -0.4 is 10.7 Å². The maximum Gasteiger partial charge on any atom is 0.305 e. The molecule has 0 saturated heterocycles. The maximum atomic E-state index is 12.1. The predicted octanol–water partition coefficient (Wildman–Crippen LogP) is 5.45. The topological polar surface area (TPSA) is 109 Å². The van der Waals surface area contributed by atoms with E-state index in [1.807, 2.05) is 32.1 Å². The van der Waals surface area contributed by atoms with Crippen LogP contribution >= 0.6 is 0 Å². The first-order chi connectivity index (χ1) is 20.5. The van der Waals surface area contributed by atoms with Gasteiger partial charge in [0.2, 0.25) is 0 Å². The second kappa shape index (κ2) is 13.1. The molecule has 2 aromatic rings. The third kappa shape index (κ3) is 6.53. The summed E-state index contributed by atoms with van der Waals surface area (Å²) in [5.74, 6) is -0.552. The standard InChI is InChI=1S/C35H40N4O4/c1-10-25-22(5)29(38-32(25)16-28-21(4)20(3)24(7)37-28)15-30-23(6)27(12-14-35(41)43-9)33(39-30)17-31-26(19(2)18-36-31)11-13-34(40)42-8/h10,15-18,37-38H,1,7,11-14H2,2-6,8-9H3/b28-16-,30-15-,31-17-. The van der Waals surface area contributed by atoms with Gasteiger partial charge in [0.25, 0.3) is 0 Å². The Balaban J connectivity index is 1.78. The molecule has 224 valence electrons. The highest BCUT2D eigenvalue weighted by atomic mass is 16.5. The molecule has 8 nitrogen and oxygen atoms in total. The third-order valence-electron chi connectivity index (χ3n) is 8.30. The van der Waals surface area contributed by atoms with Crippen LogP contribution in [0.25, 0.3) is 24.8 Å². The highest BCUT2D eigenvalue weighted by molar-refractivity contribution is 6.13. The van der Waals surface area contributed by atoms with E-state index in [1.165, 1.54) is 14.2 Å². The van der Waals surface area contributed by atoms with Crippen molar-refractivity contribution >= 4 is 48.7 Å². The number of nitrogens with one attached hydrogen (secondary N) is 2. The van der Waals surface area contributed by atoms with Gasteiger partial charge in [0.1, 0.15) is 0 Å². The van der Waals surface area contributed by atoms with Crippen molar-refractivity contribution in [3.8, 4) is 0 Å². The number of rotatable bonds is 10. The summed E-state index contributed by atoms with van der Waals surface area (Å²) in [6.45, 7) is 18.4. The Morgan fingerprint density at radius 3 is 2.07 bits per heavy atom. The monoisotopic (exact) mass is 580 g/mol. The fourth-order valence-electron chi connectivity index (χ4n) is 5.34. The molecule has 43 heavy (non-hydrogen) atoms. The lowest BCUT2D eigenvalue weighted by molar-refractivity contribution is -0.141. The Hall–Kier alpha value is -4.72. The van der Waals surface area contributed by atoms with Crippen LogP contribution in [0.1, 0.15) is 73.2 Å². The number of H-pyrrole nitrogens is 2. The molecule has 0 atom stereocenters. The molecule has 0 radical (unpaired) electrons. The molecule has 2 aliphatic heterocycles. The van der Waals surface area contributed by atoms with Crippen LogP contribution in [0.4, 0.5) is 0 Å². The van der Waals surface area contributed by atoms with Crippen LogP contribution in [0.5, 0.6) is 0 Å². The molecule has 0 aromatic carbocycles. The Morgan fingerprint density at radius 1 is 0.837 bits per heavy atom. The number of nitrogens with zero attached hydrogens (tertiary/aromatic N) is 2. The van der Waals surface area contributed by atoms with Gasteiger partial charge in [-0.25, -0.2) is 4.99 Å². The first-order valence-corrected chi connectivity index (χ1v) is 14.3. The van der Waals surface area contributed by atoms with Crippen molar-refractivity contribution in [2.24, 2.45) is 9.98 Å². The summed E-state index contributed by atoms with van der Waals surface area (Å²) < 4.78 is 9.75. The lowest BCUT2D eigenvalue weighted by Gasteiger charge is -2.08. The zero-order chi connectivity index (χ0) is 31.4. The number of hydrogen-bond acceptors (Lipinski definition) is 6. The van der Waals surface area contributed by atoms with Gasteiger partial charge in [-0.2, -0.15) is 0 Å². The highest BCUT2D eigenvalue weighted by Gasteiger charge is 2.24. The lowest BCUT2D eigenvalue weighted by atomic mass is 9.97. The molecule has 2 aliphatic rings. The fourth-order valence-corrected chi connectivity index (χ4v) is 5.34. The van der Waals surface area contributed by atoms with Crippen molar-refractivity contribution in [1.29, 1.82) is 0 Å². The molecule has 8 heteroatoms. The van der Waals surface area contributed by atoms with Gasteiger partial charge in [-0.3, -0.25) is 14.6 Å². The van der Waals surface area contributed by atoms with E-state index in [2.05, 4.69) is 55.0 Å². The number of carbonyl (C=O) groups excluding carboxylic acids is 2. The molecule has 0 bridgehead atoms. The van der Waals surface area contributed by atoms with E-state index in [9.17, 15) is 9.59 Å². The van der Waals surface area contributed by atoms with Crippen LogP contribution in [0.2, 0.25) is 0 Å². The average Bonchev–Trinajstić information content (AvgIpc) is 3.66. The Kier molecular flexibility index (Phi) is 9.49. The predicted molar refractivity (Wildman–Crippen MR) is 174 cm³/mol. The molecular formula is C35H40N4O4. The SMILES string of the molecule is C=Cc1c(/C=c2\[nH]c(=C)c(C)c2C)[nH]c(/C=C2N=C(/C=C3\N=CC(C)=C3CCC(=O)OC)C(CCC(=O)OC)=C\2C)c1C. The Bertz CT molecular complexity index is 1800. The van der Waals surface area contributed by atoms with E-state index in [1.54, 1.807) is 6.21 Å². The van der Waals surface area contributed by atoms with Gasteiger partial charge >= 0.3 is 11.9 Å². The maximum absolute atomic E-state index is 12.1. The number of aromatic nitrogens is 2. The van der Waals surface area contributed by atoms with Crippen LogP contribution in [0.15, 0.2) is 56.3 Å². The van der Waals surface area contributed by atoms with E-state index in [-0.39, 0.29) is 24.8 Å². The number of ether oxygens (including phenoxy) is 2. The van der Waals surface area contributed by atoms with Crippen LogP contribution in [0.3, 0.4) is 0 Å². The van der Waals surface area contributed by atoms with Crippen molar-refractivity contribution in [2.45, 2.75) is 60.3 Å². The molecule has 0 saturated carbocycles. The lowest BCUT2D eigenvalue weighted by Crippen LogP contribution is -2.10. The second-order valence-electron chi connectivity index (χ2n) is 10.8. The first kappa shape index (κ1) is 31.2. The molecular weight excluding hydrogens is 540 g/mol. The molecule has 0 amide bonds. The smallest absolute Gasteiger partial charge is 0.305 e. The zero-order valence-electron chi connectivity index (χ0n) is 26.2. The number of allylic oxidation sites excluding steroid dienone is 5. The minimum Gasteiger partial charge on any atom is -0.469 e. The van der Waals surface area contributed by atoms with E-state index < -0.39 is 0 Å². The van der Waals surface area contributed by atoms with Gasteiger partial charge < -0.3 is 19.4 Å². The van der Waals surface area contributed by atoms with Gasteiger partial charge in [-0.1, -0.05) is 19.2 Å². The summed E-state index contributed by atoms with van der Waals surface area (Å²) in [4.78, 5) is 40.5.